The van der Waals surface area contributed by atoms with Gasteiger partial charge >= 0.3 is 0 Å². The lowest BCUT2D eigenvalue weighted by molar-refractivity contribution is 0.162. The van der Waals surface area contributed by atoms with Gasteiger partial charge in [-0.2, -0.15) is 26.7 Å². The molecule has 3 aliphatic heterocycles. The summed E-state index contributed by atoms with van der Waals surface area (Å²) in [6.45, 7) is 16.7. The molecule has 5 N–H and O–H groups in total. The van der Waals surface area contributed by atoms with Gasteiger partial charge in [-0.05, 0) is 255 Å². The molecule has 0 bridgehead atoms. The van der Waals surface area contributed by atoms with Crippen LogP contribution in [0.4, 0.5) is 34.9 Å². The molecule has 0 radical (unpaired) electrons. The van der Waals surface area contributed by atoms with E-state index in [1.54, 1.807) is 64.9 Å². The summed E-state index contributed by atoms with van der Waals surface area (Å²) in [4.78, 5) is 99.1. The van der Waals surface area contributed by atoms with E-state index in [0.717, 1.165) is 209 Å². The summed E-state index contributed by atoms with van der Waals surface area (Å²) in [5.41, 5.74) is 18.0. The molecule has 14 heterocycles. The highest BCUT2D eigenvalue weighted by Crippen LogP contribution is 2.38. The van der Waals surface area contributed by atoms with E-state index in [2.05, 4.69) is 104 Å². The first-order valence-corrected chi connectivity index (χ1v) is 44.2. The van der Waals surface area contributed by atoms with Crippen LogP contribution in [0.25, 0.3) is 100 Å². The Labute approximate surface area is 728 Å². The predicted octanol–water partition coefficient (Wildman–Crippen LogP) is 17.6. The van der Waals surface area contributed by atoms with Crippen LogP contribution in [0.2, 0.25) is 0 Å². The molecule has 632 valence electrons. The van der Waals surface area contributed by atoms with Crippen molar-refractivity contribution in [3.8, 4) is 78.8 Å². The minimum Gasteiger partial charge on any atom is -0.490 e. The number of likely N-dealkylation sites (N-methyl/N-ethyl adjacent to an activating group) is 1. The highest BCUT2D eigenvalue weighted by Gasteiger charge is 2.29. The SMILES string of the molecule is Cc1cc(-c2ccccn2)ccc1-c1cc2cnc(Nc3ccc(OC4CCNCC4)cc3)nc2n(C(C)C)c1=O.Cc1cc(-c2cccnc2)ncc1-c1cc2cnc(Nc3ccc(C4CNCCS4)cc3)nc2n(C2CCCC2)c1=O.Cc1cc(-c2cnccn2)cnc1-c1cc2cnc(Nc3ccc(OC4CCN(C)C4)cc3)nc2n(CC2CC2)c1=O. The van der Waals surface area contributed by atoms with Crippen molar-refractivity contribution in [3.63, 3.8) is 0 Å². The largest absolute Gasteiger partial charge is 0.490 e. The van der Waals surface area contributed by atoms with Gasteiger partial charge in [0.15, 0.2) is 0 Å². The smallest absolute Gasteiger partial charge is 0.261 e. The maximum absolute atomic E-state index is 14.2. The third kappa shape index (κ3) is 19.1. The van der Waals surface area contributed by atoms with E-state index < -0.39 is 0 Å². The van der Waals surface area contributed by atoms with E-state index >= 15 is 0 Å². The van der Waals surface area contributed by atoms with Gasteiger partial charge in [-0.25, -0.2) is 15.0 Å². The van der Waals surface area contributed by atoms with Crippen molar-refractivity contribution in [2.75, 3.05) is 68.0 Å². The number of likely N-dealkylation sites (tertiary alicyclic amines) is 1. The number of pyridine rings is 7. The lowest BCUT2D eigenvalue weighted by atomic mass is 9.97. The maximum atomic E-state index is 14.2. The fourth-order valence-corrected chi connectivity index (χ4v) is 18.1. The molecular weight excluding hydrogens is 1580 g/mol. The summed E-state index contributed by atoms with van der Waals surface area (Å²) in [5, 5.41) is 19.7. The van der Waals surface area contributed by atoms with Crippen molar-refractivity contribution in [1.82, 2.24) is 89.0 Å². The lowest BCUT2D eigenvalue weighted by Crippen LogP contribution is -2.34. The molecule has 5 fully saturated rings. The predicted molar refractivity (Wildman–Crippen MR) is 496 cm³/mol. The fourth-order valence-electron chi connectivity index (χ4n) is 16.9. The van der Waals surface area contributed by atoms with Crippen molar-refractivity contribution in [2.24, 2.45) is 5.92 Å². The van der Waals surface area contributed by atoms with Gasteiger partial charge in [-0.15, -0.1) is 0 Å². The van der Waals surface area contributed by atoms with Crippen LogP contribution in [0, 0.1) is 26.7 Å². The number of fused-ring (bicyclic) bond motifs is 3. The van der Waals surface area contributed by atoms with E-state index in [9.17, 15) is 14.4 Å². The number of nitrogens with one attached hydrogen (secondary N) is 5. The van der Waals surface area contributed by atoms with E-state index in [0.29, 0.717) is 74.9 Å². The number of piperidine rings is 1. The molecule has 125 heavy (non-hydrogen) atoms. The number of benzene rings is 4. The highest BCUT2D eigenvalue weighted by atomic mass is 32.2. The second kappa shape index (κ2) is 37.4. The standard InChI is InChI=1S/C33H33N7OS.C33H34N6O2.C32H32N8O2/c1-21-15-29(23-5-4-12-34-17-23)36-19-28(21)27-16-24-18-37-33(39-31(24)40(32(27)41)26-6-2-3-7-26)38-25-10-8-22(9-11-25)30-20-35-13-14-42-30;1-21(2)39-31-24(19-29(32(39)40)28-12-7-23(18-22(28)3)30-6-4-5-15-35-30)20-36-33(38-31)37-25-8-10-26(11-9-25)41-27-13-16-34-17-14-27;1-20-13-22(28-17-33-10-11-34-28)15-35-29(20)27-14-23-16-36-32(38-30(23)40(31(27)41)18-21-3-4-21)37-24-5-7-25(8-6-24)42-26-9-12-39(2)19-26/h4-5,8-12,15-19,26,30,35H,2-3,6-7,13-14,20H2,1H3,(H,37,38,39);4-12,15,18-21,27,34H,13-14,16-17H2,1-3H3,(H,36,37,38);5-8,10-11,13-17,21,26H,3-4,9,12,18-19H2,1-2H3,(H,36,37,38). The van der Waals surface area contributed by atoms with Crippen LogP contribution >= 0.6 is 11.8 Å². The number of ether oxygens (including phenoxy) is 2. The van der Waals surface area contributed by atoms with Crippen LogP contribution in [0.1, 0.15) is 111 Å². The van der Waals surface area contributed by atoms with E-state index in [-0.39, 0.29) is 41.0 Å². The fraction of sp³-hybridized carbons (Fsp3) is 0.296. The molecule has 15 aromatic rings. The van der Waals surface area contributed by atoms with Gasteiger partial charge in [0, 0.05) is 184 Å². The first kappa shape index (κ1) is 82.6. The summed E-state index contributed by atoms with van der Waals surface area (Å²) in [6, 6.07) is 49.7. The molecule has 20 rings (SSSR count). The zero-order valence-electron chi connectivity index (χ0n) is 70.9. The van der Waals surface area contributed by atoms with Crippen LogP contribution in [0.3, 0.4) is 0 Å². The number of thioether (sulfide) groups is 1. The van der Waals surface area contributed by atoms with Gasteiger partial charge in [0.25, 0.3) is 16.7 Å². The number of nitrogens with zero attached hydrogens (tertiary/aromatic N) is 16. The van der Waals surface area contributed by atoms with E-state index in [1.165, 1.54) is 5.56 Å². The van der Waals surface area contributed by atoms with Gasteiger partial charge in [0.2, 0.25) is 17.8 Å². The summed E-state index contributed by atoms with van der Waals surface area (Å²) >= 11 is 2.00. The minimum atomic E-state index is -0.0963. The van der Waals surface area contributed by atoms with Crippen molar-refractivity contribution < 1.29 is 9.47 Å². The minimum absolute atomic E-state index is 0.0268. The Hall–Kier alpha value is -13.3. The third-order valence-corrected chi connectivity index (χ3v) is 25.0. The van der Waals surface area contributed by atoms with Gasteiger partial charge in [0.05, 0.1) is 34.5 Å². The van der Waals surface area contributed by atoms with Gasteiger partial charge in [0.1, 0.15) is 40.6 Å². The van der Waals surface area contributed by atoms with Crippen LogP contribution in [0.5, 0.6) is 11.5 Å². The number of hydrogen-bond donors (Lipinski definition) is 5. The molecule has 2 aliphatic carbocycles. The molecule has 4 aromatic carbocycles. The molecule has 5 aliphatic rings. The molecule has 2 atom stereocenters. The Morgan fingerprint density at radius 3 is 1.71 bits per heavy atom. The normalized spacial score (nSPS) is 16.2. The van der Waals surface area contributed by atoms with Crippen molar-refractivity contribution in [2.45, 2.75) is 128 Å². The molecule has 3 saturated heterocycles. The van der Waals surface area contributed by atoms with Crippen LogP contribution in [-0.4, -0.2) is 143 Å². The Morgan fingerprint density at radius 2 is 1.10 bits per heavy atom. The van der Waals surface area contributed by atoms with E-state index in [1.807, 2.05) is 185 Å². The summed E-state index contributed by atoms with van der Waals surface area (Å²) in [5.74, 6) is 4.67. The van der Waals surface area contributed by atoms with Crippen molar-refractivity contribution in [1.29, 1.82) is 0 Å². The first-order chi connectivity index (χ1) is 61.1. The number of aryl methyl sites for hydroxylation is 3. The summed E-state index contributed by atoms with van der Waals surface area (Å²) in [6.07, 6.45) is 29.2. The molecule has 11 aromatic heterocycles. The Morgan fingerprint density at radius 1 is 0.472 bits per heavy atom. The molecule has 26 nitrogen and oxygen atoms in total. The third-order valence-electron chi connectivity index (χ3n) is 23.7. The topological polar surface area (TPSA) is 303 Å². The Balaban J connectivity index is 0.000000127. The zero-order chi connectivity index (χ0) is 85.4. The van der Waals surface area contributed by atoms with Gasteiger partial charge < -0.3 is 41.0 Å². The molecule has 2 unspecified atom stereocenters. The Bertz CT molecular complexity index is 6560. The quantitative estimate of drug-likeness (QED) is 0.0446. The first-order valence-electron chi connectivity index (χ1n) is 43.1. The van der Waals surface area contributed by atoms with Gasteiger partial charge in [-0.1, -0.05) is 43.2 Å². The van der Waals surface area contributed by atoms with Crippen LogP contribution in [0.15, 0.2) is 234 Å². The van der Waals surface area contributed by atoms with Crippen molar-refractivity contribution >= 4 is 79.8 Å². The molecular formula is C98H99N21O5S. The summed E-state index contributed by atoms with van der Waals surface area (Å²) < 4.78 is 17.7. The maximum Gasteiger partial charge on any atom is 0.261 e. The molecule has 27 heteroatoms. The molecule has 0 spiro atoms. The second-order valence-corrected chi connectivity index (χ2v) is 34.5. The lowest BCUT2D eigenvalue weighted by Gasteiger charge is -2.23. The molecule has 0 amide bonds. The van der Waals surface area contributed by atoms with E-state index in [4.69, 9.17) is 34.4 Å². The zero-order valence-corrected chi connectivity index (χ0v) is 71.7. The summed E-state index contributed by atoms with van der Waals surface area (Å²) in [7, 11) is 2.11. The number of rotatable bonds is 21. The molecule has 2 saturated carbocycles. The Kier molecular flexibility index (Phi) is 24.7. The van der Waals surface area contributed by atoms with Crippen LogP contribution in [-0.2, 0) is 6.54 Å². The highest BCUT2D eigenvalue weighted by molar-refractivity contribution is 7.99. The van der Waals surface area contributed by atoms with Crippen molar-refractivity contribution in [3.05, 3.63) is 273 Å². The average Bonchev–Trinajstić information content (AvgIpc) is 1.66. The second-order valence-electron chi connectivity index (χ2n) is 33.2. The van der Waals surface area contributed by atoms with Crippen LogP contribution < -0.4 is 52.7 Å². The monoisotopic (exact) mass is 1680 g/mol. The number of hydrogen-bond acceptors (Lipinski definition) is 24. The van der Waals surface area contributed by atoms with Gasteiger partial charge in [-0.3, -0.25) is 58.0 Å². The number of aromatic nitrogens is 15. The average molecular weight is 1680 g/mol. The number of anilines is 6.